The molecule has 0 spiro atoms. The van der Waals surface area contributed by atoms with Crippen LogP contribution in [0.3, 0.4) is 0 Å². The average molecular weight is 405 g/mol. The first-order valence-electron chi connectivity index (χ1n) is 9.96. The summed E-state index contributed by atoms with van der Waals surface area (Å²) in [5, 5.41) is 2.12. The third-order valence-corrected chi connectivity index (χ3v) is 8.14. The molecule has 2 heterocycles. The number of fused-ring (bicyclic) bond motifs is 1. The van der Waals surface area contributed by atoms with Gasteiger partial charge in [-0.05, 0) is 92.2 Å². The van der Waals surface area contributed by atoms with Gasteiger partial charge in [-0.15, -0.1) is 11.3 Å². The van der Waals surface area contributed by atoms with Crippen LogP contribution in [0, 0.1) is 5.92 Å². The van der Waals surface area contributed by atoms with Gasteiger partial charge < -0.3 is 0 Å². The van der Waals surface area contributed by atoms with Gasteiger partial charge in [0.1, 0.15) is 0 Å². The van der Waals surface area contributed by atoms with E-state index in [9.17, 15) is 8.42 Å². The first-order valence-corrected chi connectivity index (χ1v) is 12.3. The Labute approximate surface area is 166 Å². The molecule has 1 aromatic carbocycles. The number of likely N-dealkylation sites (tertiary alicyclic amines) is 1. The summed E-state index contributed by atoms with van der Waals surface area (Å²) in [6, 6.07) is 9.95. The van der Waals surface area contributed by atoms with Crippen LogP contribution in [0.1, 0.15) is 41.7 Å². The highest BCUT2D eigenvalue weighted by molar-refractivity contribution is 7.89. The molecule has 1 aliphatic carbocycles. The van der Waals surface area contributed by atoms with Gasteiger partial charge in [-0.2, -0.15) is 0 Å². The summed E-state index contributed by atoms with van der Waals surface area (Å²) < 4.78 is 28.3. The van der Waals surface area contributed by atoms with Gasteiger partial charge in [0.05, 0.1) is 4.90 Å². The van der Waals surface area contributed by atoms with Crippen LogP contribution in [0.15, 0.2) is 40.6 Å². The van der Waals surface area contributed by atoms with E-state index in [2.05, 4.69) is 27.1 Å². The summed E-state index contributed by atoms with van der Waals surface area (Å²) in [5.41, 5.74) is 2.53. The highest BCUT2D eigenvalue weighted by Gasteiger charge is 2.23. The van der Waals surface area contributed by atoms with E-state index < -0.39 is 10.0 Å². The third kappa shape index (κ3) is 4.80. The lowest BCUT2D eigenvalue weighted by Crippen LogP contribution is -2.38. The quantitative estimate of drug-likeness (QED) is 0.796. The molecule has 1 N–H and O–H groups in total. The number of aryl methyl sites for hydroxylation is 2. The molecule has 0 saturated carbocycles. The smallest absolute Gasteiger partial charge is 0.240 e. The SMILES string of the molecule is O=S(=O)(NCC1CCN(Cc2cccs2)CC1)c1ccc2c(c1)CCCC2. The topological polar surface area (TPSA) is 49.4 Å². The normalized spacial score (nSPS) is 19.1. The van der Waals surface area contributed by atoms with Gasteiger partial charge in [0.25, 0.3) is 0 Å². The highest BCUT2D eigenvalue weighted by Crippen LogP contribution is 2.25. The van der Waals surface area contributed by atoms with Crippen molar-refractivity contribution in [1.29, 1.82) is 0 Å². The number of hydrogen-bond donors (Lipinski definition) is 1. The van der Waals surface area contributed by atoms with E-state index in [0.29, 0.717) is 17.4 Å². The number of nitrogens with zero attached hydrogens (tertiary/aromatic N) is 1. The van der Waals surface area contributed by atoms with Gasteiger partial charge >= 0.3 is 0 Å². The van der Waals surface area contributed by atoms with Crippen LogP contribution in [0.25, 0.3) is 0 Å². The third-order valence-electron chi connectivity index (χ3n) is 5.86. The molecule has 1 saturated heterocycles. The zero-order valence-electron chi connectivity index (χ0n) is 15.7. The highest BCUT2D eigenvalue weighted by atomic mass is 32.2. The van der Waals surface area contributed by atoms with Crippen molar-refractivity contribution in [3.8, 4) is 0 Å². The van der Waals surface area contributed by atoms with Crippen LogP contribution < -0.4 is 4.72 Å². The fraction of sp³-hybridized carbons (Fsp3) is 0.524. The van der Waals surface area contributed by atoms with Crippen molar-refractivity contribution in [1.82, 2.24) is 9.62 Å². The molecule has 146 valence electrons. The molecule has 6 heteroatoms. The van der Waals surface area contributed by atoms with Crippen molar-refractivity contribution < 1.29 is 8.42 Å². The van der Waals surface area contributed by atoms with Gasteiger partial charge in [0, 0.05) is 18.0 Å². The maximum absolute atomic E-state index is 12.7. The van der Waals surface area contributed by atoms with Crippen molar-refractivity contribution in [3.05, 3.63) is 51.7 Å². The molecular formula is C21H28N2O2S2. The van der Waals surface area contributed by atoms with Crippen LogP contribution in [0.2, 0.25) is 0 Å². The molecule has 1 aromatic heterocycles. The standard InChI is InChI=1S/C21H28N2O2S2/c24-27(25,21-8-7-18-4-1-2-5-19(18)14-21)22-15-17-9-11-23(12-10-17)16-20-6-3-13-26-20/h3,6-8,13-14,17,22H,1-2,4-5,9-12,15-16H2. The van der Waals surface area contributed by atoms with Crippen LogP contribution in [-0.2, 0) is 29.4 Å². The second-order valence-electron chi connectivity index (χ2n) is 7.79. The summed E-state index contributed by atoms with van der Waals surface area (Å²) >= 11 is 1.80. The van der Waals surface area contributed by atoms with E-state index in [0.717, 1.165) is 51.7 Å². The van der Waals surface area contributed by atoms with Crippen molar-refractivity contribution in [3.63, 3.8) is 0 Å². The summed E-state index contributed by atoms with van der Waals surface area (Å²) in [4.78, 5) is 4.31. The van der Waals surface area contributed by atoms with Crippen LogP contribution in [0.4, 0.5) is 0 Å². The summed E-state index contributed by atoms with van der Waals surface area (Å²) in [6.07, 6.45) is 6.56. The van der Waals surface area contributed by atoms with Crippen LogP contribution in [0.5, 0.6) is 0 Å². The lowest BCUT2D eigenvalue weighted by Gasteiger charge is -2.31. The van der Waals surface area contributed by atoms with Gasteiger partial charge in [0.15, 0.2) is 0 Å². The number of hydrogen-bond acceptors (Lipinski definition) is 4. The Morgan fingerprint density at radius 3 is 2.59 bits per heavy atom. The molecule has 1 aliphatic heterocycles. The number of piperidine rings is 1. The maximum Gasteiger partial charge on any atom is 0.240 e. The fourth-order valence-corrected chi connectivity index (χ4v) is 6.07. The Morgan fingerprint density at radius 2 is 1.85 bits per heavy atom. The van der Waals surface area contributed by atoms with Gasteiger partial charge in [-0.3, -0.25) is 4.90 Å². The second kappa shape index (κ2) is 8.43. The van der Waals surface area contributed by atoms with Crippen molar-refractivity contribution >= 4 is 21.4 Å². The summed E-state index contributed by atoms with van der Waals surface area (Å²) in [5.74, 6) is 0.428. The summed E-state index contributed by atoms with van der Waals surface area (Å²) in [7, 11) is -3.41. The minimum absolute atomic E-state index is 0.428. The number of benzene rings is 1. The molecule has 2 aliphatic rings. The number of thiophene rings is 1. The summed E-state index contributed by atoms with van der Waals surface area (Å²) in [6.45, 7) is 3.66. The zero-order valence-corrected chi connectivity index (χ0v) is 17.3. The molecule has 0 amide bonds. The van der Waals surface area contributed by atoms with Gasteiger partial charge in [-0.1, -0.05) is 12.1 Å². The predicted octanol–water partition coefficient (Wildman–Crippen LogP) is 3.82. The molecule has 4 rings (SSSR count). The number of nitrogens with one attached hydrogen (secondary N) is 1. The molecule has 4 nitrogen and oxygen atoms in total. The first kappa shape index (κ1) is 19.1. The largest absolute Gasteiger partial charge is 0.298 e. The number of sulfonamides is 1. The Balaban J connectivity index is 1.29. The van der Waals surface area contributed by atoms with Crippen molar-refractivity contribution in [2.45, 2.75) is 50.0 Å². The second-order valence-corrected chi connectivity index (χ2v) is 10.6. The van der Waals surface area contributed by atoms with Crippen LogP contribution >= 0.6 is 11.3 Å². The lowest BCUT2D eigenvalue weighted by atomic mass is 9.92. The fourth-order valence-electron chi connectivity index (χ4n) is 4.16. The van der Waals surface area contributed by atoms with Gasteiger partial charge in [0.2, 0.25) is 10.0 Å². The van der Waals surface area contributed by atoms with E-state index in [1.54, 1.807) is 17.4 Å². The minimum Gasteiger partial charge on any atom is -0.298 e. The van der Waals surface area contributed by atoms with Crippen LogP contribution in [-0.4, -0.2) is 33.0 Å². The average Bonchev–Trinajstić information content (AvgIpc) is 3.20. The molecule has 0 atom stereocenters. The van der Waals surface area contributed by atoms with E-state index in [-0.39, 0.29) is 0 Å². The first-order chi connectivity index (χ1) is 13.1. The molecule has 0 radical (unpaired) electrons. The molecule has 1 fully saturated rings. The van der Waals surface area contributed by atoms with Crippen molar-refractivity contribution in [2.75, 3.05) is 19.6 Å². The Bertz CT molecular complexity index is 854. The van der Waals surface area contributed by atoms with Gasteiger partial charge in [-0.25, -0.2) is 13.1 Å². The molecule has 0 bridgehead atoms. The van der Waals surface area contributed by atoms with E-state index in [4.69, 9.17) is 0 Å². The van der Waals surface area contributed by atoms with E-state index in [1.807, 2.05) is 12.1 Å². The predicted molar refractivity (Wildman–Crippen MR) is 111 cm³/mol. The zero-order chi connectivity index (χ0) is 18.7. The Morgan fingerprint density at radius 1 is 1.07 bits per heavy atom. The number of rotatable bonds is 6. The molecular weight excluding hydrogens is 376 g/mol. The Hall–Kier alpha value is -1.21. The monoisotopic (exact) mass is 404 g/mol. The molecule has 27 heavy (non-hydrogen) atoms. The van der Waals surface area contributed by atoms with Crippen molar-refractivity contribution in [2.24, 2.45) is 5.92 Å². The van der Waals surface area contributed by atoms with E-state index in [1.165, 1.54) is 22.4 Å². The maximum atomic E-state index is 12.7. The Kier molecular flexibility index (Phi) is 5.97. The molecule has 0 unspecified atom stereocenters. The minimum atomic E-state index is -3.41. The molecule has 2 aromatic rings. The van der Waals surface area contributed by atoms with E-state index >= 15 is 0 Å². The lowest BCUT2D eigenvalue weighted by molar-refractivity contribution is 0.180.